The Kier molecular flexibility index (Phi) is 4.52. The Morgan fingerprint density at radius 1 is 1.44 bits per heavy atom. The molecule has 0 unspecified atom stereocenters. The Balaban J connectivity index is 2.74. The summed E-state index contributed by atoms with van der Waals surface area (Å²) in [6.07, 6.45) is 0. The lowest BCUT2D eigenvalue weighted by molar-refractivity contribution is -0.385. The lowest BCUT2D eigenvalue weighted by Gasteiger charge is -2.05. The van der Waals surface area contributed by atoms with Gasteiger partial charge in [0.2, 0.25) is 4.84 Å². The summed E-state index contributed by atoms with van der Waals surface area (Å²) in [5.74, 6) is -0.832. The Hall–Kier alpha value is -1.33. The molecule has 0 radical (unpaired) electrons. The predicted octanol–water partition coefficient (Wildman–Crippen LogP) is 2.44. The quantitative estimate of drug-likeness (QED) is 0.362. The molecule has 0 N–H and O–H groups in total. The molecule has 0 saturated heterocycles. The van der Waals surface area contributed by atoms with Crippen molar-refractivity contribution >= 4 is 34.9 Å². The molecule has 0 atom stereocenters. The summed E-state index contributed by atoms with van der Waals surface area (Å²) in [5.41, 5.74) is 0.172. The molecular weight excluding hydrogens is 257 g/mol. The molecule has 0 aliphatic carbocycles. The Bertz CT molecular complexity index is 408. The van der Waals surface area contributed by atoms with Crippen molar-refractivity contribution in [3.8, 4) is 0 Å². The normalized spacial score (nSPS) is 10.2. The van der Waals surface area contributed by atoms with E-state index in [1.165, 1.54) is 18.2 Å². The fraction of sp³-hybridized carbons (Fsp3) is 0.222. The minimum Gasteiger partial charge on any atom is -0.459 e. The van der Waals surface area contributed by atoms with Crippen molar-refractivity contribution in [3.63, 3.8) is 0 Å². The van der Waals surface area contributed by atoms with Crippen LogP contribution < -0.4 is 0 Å². The number of ether oxygens (including phenoxy) is 1. The number of carbonyl (C=O) groups excluding carboxylic acids is 1. The van der Waals surface area contributed by atoms with Gasteiger partial charge in [0.15, 0.2) is 0 Å². The van der Waals surface area contributed by atoms with Crippen LogP contribution in [0.2, 0.25) is 0 Å². The topological polar surface area (TPSA) is 69.4 Å². The molecule has 7 heteroatoms. The number of hydrogen-bond acceptors (Lipinski definition) is 4. The summed E-state index contributed by atoms with van der Waals surface area (Å²) in [4.78, 5) is 19.7. The molecule has 0 aliphatic rings. The zero-order valence-electron chi connectivity index (χ0n) is 7.93. The summed E-state index contributed by atoms with van der Waals surface area (Å²) in [6, 6.07) is 5.94. The highest BCUT2D eigenvalue weighted by Gasteiger charge is 2.17. The Labute approximate surface area is 101 Å². The summed E-state index contributed by atoms with van der Waals surface area (Å²) < 4.78 is 4.67. The van der Waals surface area contributed by atoms with Gasteiger partial charge in [-0.3, -0.25) is 10.1 Å². The molecule has 5 nitrogen and oxygen atoms in total. The molecule has 0 bridgehead atoms. The number of halogens is 2. The predicted molar refractivity (Wildman–Crippen MR) is 58.4 cm³/mol. The summed E-state index contributed by atoms with van der Waals surface area (Å²) in [5, 5.41) is 10.6. The zero-order chi connectivity index (χ0) is 12.1. The third-order valence-electron chi connectivity index (χ3n) is 1.74. The van der Waals surface area contributed by atoms with E-state index in [-0.39, 0.29) is 17.9 Å². The average Bonchev–Trinajstić information content (AvgIpc) is 2.25. The maximum atomic E-state index is 10.9. The van der Waals surface area contributed by atoms with Gasteiger partial charge in [0.1, 0.15) is 6.61 Å². The molecule has 0 spiro atoms. The van der Waals surface area contributed by atoms with Crippen molar-refractivity contribution in [2.45, 2.75) is 11.4 Å². The van der Waals surface area contributed by atoms with Crippen molar-refractivity contribution in [1.82, 2.24) is 0 Å². The van der Waals surface area contributed by atoms with Crippen LogP contribution in [0.1, 0.15) is 5.56 Å². The number of nitrogens with zero attached hydrogens (tertiary/aromatic N) is 1. The van der Waals surface area contributed by atoms with E-state index in [9.17, 15) is 14.9 Å². The number of rotatable bonds is 4. The second-order valence-electron chi connectivity index (χ2n) is 2.79. The molecule has 1 aromatic rings. The van der Waals surface area contributed by atoms with Gasteiger partial charge >= 0.3 is 5.97 Å². The third kappa shape index (κ3) is 3.36. The first kappa shape index (κ1) is 12.7. The van der Waals surface area contributed by atoms with Gasteiger partial charge in [0.05, 0.1) is 10.5 Å². The summed E-state index contributed by atoms with van der Waals surface area (Å²) >= 11 is 10.5. The van der Waals surface area contributed by atoms with Crippen LogP contribution in [0.3, 0.4) is 0 Å². The minimum absolute atomic E-state index is 0.115. The SMILES string of the molecule is O=C(OCc1ccccc1[N+](=O)[O-])C(Cl)Cl. The largest absolute Gasteiger partial charge is 0.459 e. The number of para-hydroxylation sites is 1. The van der Waals surface area contributed by atoms with Gasteiger partial charge in [-0.05, 0) is 6.07 Å². The van der Waals surface area contributed by atoms with Crippen molar-refractivity contribution in [2.24, 2.45) is 0 Å². The second-order valence-corrected chi connectivity index (χ2v) is 3.89. The molecule has 16 heavy (non-hydrogen) atoms. The van der Waals surface area contributed by atoms with Crippen LogP contribution in [0.15, 0.2) is 24.3 Å². The van der Waals surface area contributed by atoms with Crippen LogP contribution in [0.25, 0.3) is 0 Å². The summed E-state index contributed by atoms with van der Waals surface area (Å²) in [7, 11) is 0. The van der Waals surface area contributed by atoms with Gasteiger partial charge in [-0.15, -0.1) is 0 Å². The van der Waals surface area contributed by atoms with Gasteiger partial charge in [-0.2, -0.15) is 0 Å². The van der Waals surface area contributed by atoms with Gasteiger partial charge < -0.3 is 4.74 Å². The lowest BCUT2D eigenvalue weighted by atomic mass is 10.2. The van der Waals surface area contributed by atoms with E-state index in [1.54, 1.807) is 6.07 Å². The number of esters is 1. The van der Waals surface area contributed by atoms with E-state index < -0.39 is 15.7 Å². The molecule has 0 saturated carbocycles. The minimum atomic E-state index is -1.29. The van der Waals surface area contributed by atoms with E-state index in [2.05, 4.69) is 4.74 Å². The first-order chi connectivity index (χ1) is 7.52. The van der Waals surface area contributed by atoms with Crippen LogP contribution in [-0.2, 0) is 16.1 Å². The Morgan fingerprint density at radius 3 is 2.62 bits per heavy atom. The standard InChI is InChI=1S/C9H7Cl2NO4/c10-8(11)9(13)16-5-6-3-1-2-4-7(6)12(14)15/h1-4,8H,5H2. The van der Waals surface area contributed by atoms with Gasteiger partial charge in [0, 0.05) is 6.07 Å². The average molecular weight is 264 g/mol. The Morgan fingerprint density at radius 2 is 2.06 bits per heavy atom. The highest BCUT2D eigenvalue weighted by molar-refractivity contribution is 6.52. The number of nitro groups is 1. The molecule has 0 amide bonds. The van der Waals surface area contributed by atoms with E-state index in [1.807, 2.05) is 0 Å². The molecule has 1 rings (SSSR count). The molecular formula is C9H7Cl2NO4. The van der Waals surface area contributed by atoms with Crippen LogP contribution >= 0.6 is 23.2 Å². The van der Waals surface area contributed by atoms with E-state index in [4.69, 9.17) is 23.2 Å². The molecule has 0 fully saturated rings. The molecule has 0 heterocycles. The van der Waals surface area contributed by atoms with Crippen molar-refractivity contribution in [3.05, 3.63) is 39.9 Å². The van der Waals surface area contributed by atoms with Crippen LogP contribution in [0.5, 0.6) is 0 Å². The van der Waals surface area contributed by atoms with Crippen LogP contribution in [0, 0.1) is 10.1 Å². The number of alkyl halides is 2. The second kappa shape index (κ2) is 5.67. The van der Waals surface area contributed by atoms with Crippen LogP contribution in [0.4, 0.5) is 5.69 Å². The smallest absolute Gasteiger partial charge is 0.339 e. The molecule has 0 aromatic heterocycles. The highest BCUT2D eigenvalue weighted by Crippen LogP contribution is 2.19. The third-order valence-corrected chi connectivity index (χ3v) is 2.09. The first-order valence-electron chi connectivity index (χ1n) is 4.19. The monoisotopic (exact) mass is 263 g/mol. The lowest BCUT2D eigenvalue weighted by Crippen LogP contribution is -2.12. The molecule has 86 valence electrons. The summed E-state index contributed by atoms with van der Waals surface area (Å²) in [6.45, 7) is -0.230. The van der Waals surface area contributed by atoms with Crippen molar-refractivity contribution in [2.75, 3.05) is 0 Å². The molecule has 0 aliphatic heterocycles. The van der Waals surface area contributed by atoms with Gasteiger partial charge in [0.25, 0.3) is 5.69 Å². The van der Waals surface area contributed by atoms with Crippen molar-refractivity contribution < 1.29 is 14.5 Å². The van der Waals surface area contributed by atoms with Crippen LogP contribution in [-0.4, -0.2) is 15.7 Å². The fourth-order valence-electron chi connectivity index (χ4n) is 1.02. The maximum Gasteiger partial charge on any atom is 0.339 e. The van der Waals surface area contributed by atoms with Gasteiger partial charge in [-0.25, -0.2) is 4.79 Å². The zero-order valence-corrected chi connectivity index (χ0v) is 9.44. The van der Waals surface area contributed by atoms with E-state index in [0.717, 1.165) is 0 Å². The number of carbonyl (C=O) groups is 1. The van der Waals surface area contributed by atoms with Crippen molar-refractivity contribution in [1.29, 1.82) is 0 Å². The number of hydrogen-bond donors (Lipinski definition) is 0. The first-order valence-corrected chi connectivity index (χ1v) is 5.06. The van der Waals surface area contributed by atoms with Gasteiger partial charge in [-0.1, -0.05) is 35.3 Å². The number of nitro benzene ring substituents is 1. The maximum absolute atomic E-state index is 10.9. The fourth-order valence-corrected chi connectivity index (χ4v) is 1.15. The van der Waals surface area contributed by atoms with E-state index in [0.29, 0.717) is 0 Å². The van der Waals surface area contributed by atoms with E-state index >= 15 is 0 Å². The molecule has 1 aromatic carbocycles. The number of benzene rings is 1. The highest BCUT2D eigenvalue weighted by atomic mass is 35.5.